The summed E-state index contributed by atoms with van der Waals surface area (Å²) in [5, 5.41) is 1.36. The molecule has 0 bridgehead atoms. The zero-order chi connectivity index (χ0) is 7.56. The molecule has 0 atom stereocenters. The van der Waals surface area contributed by atoms with Gasteiger partial charge in [-0.05, 0) is 0 Å². The highest BCUT2D eigenvalue weighted by Crippen LogP contribution is 1.99. The minimum atomic E-state index is -0.0678. The fourth-order valence-electron chi connectivity index (χ4n) is 0.854. The Kier molecular flexibility index (Phi) is 1.89. The molecule has 1 aliphatic heterocycles. The molecule has 1 rings (SSSR count). The molecule has 56 valence electrons. The topological polar surface area (TPSA) is 49.4 Å². The summed E-state index contributed by atoms with van der Waals surface area (Å²) < 4.78 is 0. The number of nitrogens with one attached hydrogen (secondary N) is 1. The number of hydrogen-bond acceptors (Lipinski definition) is 2. The van der Waals surface area contributed by atoms with Crippen molar-refractivity contribution >= 4 is 11.8 Å². The molecule has 1 heterocycles. The SMILES string of the molecule is CCC(=O)N1CCC(=O)N1. The molecule has 0 saturated carbocycles. The number of hydrazine groups is 1. The molecule has 0 aromatic rings. The second-order valence-corrected chi connectivity index (χ2v) is 2.18. The average molecular weight is 142 g/mol. The van der Waals surface area contributed by atoms with E-state index in [0.717, 1.165) is 0 Å². The Morgan fingerprint density at radius 3 is 2.90 bits per heavy atom. The molecule has 4 nitrogen and oxygen atoms in total. The Labute approximate surface area is 59.2 Å². The first-order valence-electron chi connectivity index (χ1n) is 3.34. The van der Waals surface area contributed by atoms with Crippen molar-refractivity contribution < 1.29 is 9.59 Å². The number of carbonyl (C=O) groups excluding carboxylic acids is 2. The van der Waals surface area contributed by atoms with Gasteiger partial charge in [0, 0.05) is 12.8 Å². The van der Waals surface area contributed by atoms with Gasteiger partial charge in [0.2, 0.25) is 11.8 Å². The smallest absolute Gasteiger partial charge is 0.240 e. The fourth-order valence-corrected chi connectivity index (χ4v) is 0.854. The minimum absolute atomic E-state index is 0.0224. The first-order chi connectivity index (χ1) is 4.74. The van der Waals surface area contributed by atoms with Gasteiger partial charge in [-0.3, -0.25) is 20.0 Å². The number of hydrogen-bond donors (Lipinski definition) is 1. The molecular weight excluding hydrogens is 132 g/mol. The first-order valence-corrected chi connectivity index (χ1v) is 3.34. The lowest BCUT2D eigenvalue weighted by Gasteiger charge is -2.12. The lowest BCUT2D eigenvalue weighted by Crippen LogP contribution is -2.37. The van der Waals surface area contributed by atoms with Crippen molar-refractivity contribution in [1.29, 1.82) is 0 Å². The first kappa shape index (κ1) is 7.05. The summed E-state index contributed by atoms with van der Waals surface area (Å²) in [6.07, 6.45) is 0.881. The molecule has 0 spiro atoms. The summed E-state index contributed by atoms with van der Waals surface area (Å²) in [7, 11) is 0. The monoisotopic (exact) mass is 142 g/mol. The molecule has 0 aromatic heterocycles. The standard InChI is InChI=1S/C6H10N2O2/c1-2-6(10)8-4-3-5(9)7-8/h2-4H2,1H3,(H,7,9). The van der Waals surface area contributed by atoms with E-state index in [-0.39, 0.29) is 11.8 Å². The highest BCUT2D eigenvalue weighted by atomic mass is 16.2. The summed E-state index contributed by atoms with van der Waals surface area (Å²) in [6, 6.07) is 0. The predicted molar refractivity (Wildman–Crippen MR) is 34.8 cm³/mol. The van der Waals surface area contributed by atoms with Gasteiger partial charge >= 0.3 is 0 Å². The number of rotatable bonds is 1. The Morgan fingerprint density at radius 1 is 1.80 bits per heavy atom. The summed E-state index contributed by atoms with van der Waals surface area (Å²) in [6.45, 7) is 2.29. The molecule has 0 aromatic carbocycles. The van der Waals surface area contributed by atoms with Crippen LogP contribution in [0.25, 0.3) is 0 Å². The summed E-state index contributed by atoms with van der Waals surface area (Å²) in [5.74, 6) is -0.0901. The van der Waals surface area contributed by atoms with E-state index >= 15 is 0 Å². The molecule has 4 heteroatoms. The molecule has 1 saturated heterocycles. The van der Waals surface area contributed by atoms with E-state index in [0.29, 0.717) is 19.4 Å². The lowest BCUT2D eigenvalue weighted by molar-refractivity contribution is -0.135. The predicted octanol–water partition coefficient (Wildman–Crippen LogP) is -0.340. The molecule has 1 N–H and O–H groups in total. The van der Waals surface area contributed by atoms with E-state index in [1.807, 2.05) is 0 Å². The molecule has 0 aliphatic carbocycles. The zero-order valence-corrected chi connectivity index (χ0v) is 5.89. The van der Waals surface area contributed by atoms with Crippen molar-refractivity contribution in [3.8, 4) is 0 Å². The lowest BCUT2D eigenvalue weighted by atomic mass is 10.4. The third-order valence-electron chi connectivity index (χ3n) is 1.43. The van der Waals surface area contributed by atoms with Gasteiger partial charge in [0.15, 0.2) is 0 Å². The van der Waals surface area contributed by atoms with Crippen molar-refractivity contribution in [3.05, 3.63) is 0 Å². The Hall–Kier alpha value is -1.06. The van der Waals surface area contributed by atoms with Crippen LogP contribution in [-0.2, 0) is 9.59 Å². The van der Waals surface area contributed by atoms with E-state index in [4.69, 9.17) is 0 Å². The normalized spacial score (nSPS) is 17.3. The van der Waals surface area contributed by atoms with Crippen LogP contribution in [0.5, 0.6) is 0 Å². The largest absolute Gasteiger partial charge is 0.273 e. The third kappa shape index (κ3) is 1.26. The van der Waals surface area contributed by atoms with Crippen LogP contribution in [0.15, 0.2) is 0 Å². The van der Waals surface area contributed by atoms with Gasteiger partial charge in [-0.25, -0.2) is 0 Å². The van der Waals surface area contributed by atoms with Crippen LogP contribution in [0, 0.1) is 0 Å². The van der Waals surface area contributed by atoms with Crippen molar-refractivity contribution in [2.24, 2.45) is 0 Å². The van der Waals surface area contributed by atoms with Crippen LogP contribution >= 0.6 is 0 Å². The van der Waals surface area contributed by atoms with Crippen LogP contribution in [0.3, 0.4) is 0 Å². The maximum absolute atomic E-state index is 10.9. The van der Waals surface area contributed by atoms with E-state index in [1.54, 1.807) is 6.92 Å². The maximum atomic E-state index is 10.9. The van der Waals surface area contributed by atoms with Gasteiger partial charge in [-0.1, -0.05) is 6.92 Å². The van der Waals surface area contributed by atoms with Crippen LogP contribution in [0.4, 0.5) is 0 Å². The Morgan fingerprint density at radius 2 is 2.50 bits per heavy atom. The molecule has 10 heavy (non-hydrogen) atoms. The maximum Gasteiger partial charge on any atom is 0.240 e. The van der Waals surface area contributed by atoms with Crippen LogP contribution in [-0.4, -0.2) is 23.4 Å². The molecular formula is C6H10N2O2. The van der Waals surface area contributed by atoms with E-state index in [2.05, 4.69) is 5.43 Å². The van der Waals surface area contributed by atoms with Gasteiger partial charge in [-0.15, -0.1) is 0 Å². The second-order valence-electron chi connectivity index (χ2n) is 2.18. The Balaban J connectivity index is 2.44. The molecule has 0 unspecified atom stereocenters. The van der Waals surface area contributed by atoms with Gasteiger partial charge in [0.1, 0.15) is 0 Å². The summed E-state index contributed by atoms with van der Waals surface area (Å²) in [5.41, 5.74) is 2.45. The van der Waals surface area contributed by atoms with Gasteiger partial charge in [-0.2, -0.15) is 0 Å². The second kappa shape index (κ2) is 2.68. The minimum Gasteiger partial charge on any atom is -0.273 e. The van der Waals surface area contributed by atoms with Crippen molar-refractivity contribution in [1.82, 2.24) is 10.4 Å². The number of carbonyl (C=O) groups is 2. The van der Waals surface area contributed by atoms with E-state index < -0.39 is 0 Å². The summed E-state index contributed by atoms with van der Waals surface area (Å²) >= 11 is 0. The van der Waals surface area contributed by atoms with Crippen molar-refractivity contribution in [3.63, 3.8) is 0 Å². The highest BCUT2D eigenvalue weighted by molar-refractivity contribution is 5.85. The molecule has 1 aliphatic rings. The fraction of sp³-hybridized carbons (Fsp3) is 0.667. The zero-order valence-electron chi connectivity index (χ0n) is 5.89. The highest BCUT2D eigenvalue weighted by Gasteiger charge is 2.21. The molecule has 2 amide bonds. The van der Waals surface area contributed by atoms with Crippen LogP contribution in [0.2, 0.25) is 0 Å². The third-order valence-corrected chi connectivity index (χ3v) is 1.43. The molecule has 1 fully saturated rings. The Bertz CT molecular complexity index is 167. The quantitative estimate of drug-likeness (QED) is 0.544. The van der Waals surface area contributed by atoms with Gasteiger partial charge < -0.3 is 0 Å². The van der Waals surface area contributed by atoms with E-state index in [1.165, 1.54) is 5.01 Å². The van der Waals surface area contributed by atoms with Gasteiger partial charge in [0.05, 0.1) is 6.54 Å². The summed E-state index contributed by atoms with van der Waals surface area (Å²) in [4.78, 5) is 21.4. The number of nitrogens with zero attached hydrogens (tertiary/aromatic N) is 1. The van der Waals surface area contributed by atoms with E-state index in [9.17, 15) is 9.59 Å². The van der Waals surface area contributed by atoms with Crippen molar-refractivity contribution in [2.75, 3.05) is 6.54 Å². The van der Waals surface area contributed by atoms with Crippen LogP contribution < -0.4 is 5.43 Å². The molecule has 0 radical (unpaired) electrons. The van der Waals surface area contributed by atoms with Crippen molar-refractivity contribution in [2.45, 2.75) is 19.8 Å². The van der Waals surface area contributed by atoms with Gasteiger partial charge in [0.25, 0.3) is 0 Å². The number of amides is 2. The van der Waals surface area contributed by atoms with Crippen LogP contribution in [0.1, 0.15) is 19.8 Å². The average Bonchev–Trinajstić information content (AvgIpc) is 2.34.